The number of nitriles is 1. The molecule has 3 aromatic carbocycles. The Morgan fingerprint density at radius 3 is 2.58 bits per heavy atom. The Labute approximate surface area is 192 Å². The summed E-state index contributed by atoms with van der Waals surface area (Å²) in [5, 5.41) is 23.4. The number of nitrogens with one attached hydrogen (secondary N) is 1. The Hall–Kier alpha value is -4.44. The zero-order valence-electron chi connectivity index (χ0n) is 18.4. The van der Waals surface area contributed by atoms with Crippen LogP contribution in [0.1, 0.15) is 23.6 Å². The predicted octanol–water partition coefficient (Wildman–Crippen LogP) is 5.19. The minimum Gasteiger partial charge on any atom is -0.482 e. The van der Waals surface area contributed by atoms with Crippen LogP contribution in [-0.4, -0.2) is 17.4 Å². The highest BCUT2D eigenvalue weighted by molar-refractivity contribution is 6.01. The van der Waals surface area contributed by atoms with Crippen LogP contribution in [0.25, 0.3) is 17.2 Å². The lowest BCUT2D eigenvalue weighted by Crippen LogP contribution is -2.23. The quantitative estimate of drug-likeness (QED) is 0.224. The highest BCUT2D eigenvalue weighted by Crippen LogP contribution is 2.31. The fourth-order valence-corrected chi connectivity index (χ4v) is 3.39. The SMILES string of the molecule is CCNC(=O)/C(C#N)=C/c1ccc(OCc2cccc(-c3ccccc3)c2C)c([N+](=O)[O-])c1. The summed E-state index contributed by atoms with van der Waals surface area (Å²) in [5.74, 6) is -0.421. The normalized spacial score (nSPS) is 10.9. The molecule has 0 heterocycles. The minimum absolute atomic E-state index is 0.109. The van der Waals surface area contributed by atoms with E-state index in [1.54, 1.807) is 13.0 Å². The van der Waals surface area contributed by atoms with E-state index in [2.05, 4.69) is 5.32 Å². The van der Waals surface area contributed by atoms with E-state index in [9.17, 15) is 20.2 Å². The van der Waals surface area contributed by atoms with Crippen LogP contribution in [0.4, 0.5) is 5.69 Å². The zero-order valence-corrected chi connectivity index (χ0v) is 18.4. The molecule has 7 heteroatoms. The van der Waals surface area contributed by atoms with E-state index in [0.717, 1.165) is 22.3 Å². The van der Waals surface area contributed by atoms with Crippen molar-refractivity contribution >= 4 is 17.7 Å². The van der Waals surface area contributed by atoms with Gasteiger partial charge in [0.05, 0.1) is 4.92 Å². The summed E-state index contributed by atoms with van der Waals surface area (Å²) in [6.45, 7) is 4.26. The Bertz CT molecular complexity index is 1240. The van der Waals surface area contributed by atoms with Crippen LogP contribution in [0.5, 0.6) is 5.75 Å². The van der Waals surface area contributed by atoms with Gasteiger partial charge in [-0.1, -0.05) is 54.6 Å². The summed E-state index contributed by atoms with van der Waals surface area (Å²) in [6.07, 6.45) is 1.31. The summed E-state index contributed by atoms with van der Waals surface area (Å²) in [6, 6.07) is 22.0. The van der Waals surface area contributed by atoms with E-state index in [1.165, 1.54) is 18.2 Å². The first-order valence-corrected chi connectivity index (χ1v) is 10.4. The standard InChI is InChI=1S/C26H23N3O4/c1-3-28-26(30)22(16-27)14-19-12-13-25(24(15-19)29(31)32)33-17-21-10-7-11-23(18(21)2)20-8-5-4-6-9-20/h4-15H,3,17H2,1-2H3,(H,28,30)/b22-14+. The van der Waals surface area contributed by atoms with Crippen molar-refractivity contribution in [1.29, 1.82) is 5.26 Å². The number of likely N-dealkylation sites (N-methyl/N-ethyl adjacent to an activating group) is 1. The number of ether oxygens (including phenoxy) is 1. The van der Waals surface area contributed by atoms with Crippen LogP contribution in [0.2, 0.25) is 0 Å². The van der Waals surface area contributed by atoms with Crippen molar-refractivity contribution in [2.75, 3.05) is 6.54 Å². The third kappa shape index (κ3) is 5.63. The van der Waals surface area contributed by atoms with Gasteiger partial charge in [0.2, 0.25) is 0 Å². The smallest absolute Gasteiger partial charge is 0.311 e. The van der Waals surface area contributed by atoms with Crippen LogP contribution in [0.3, 0.4) is 0 Å². The number of nitro groups is 1. The molecule has 33 heavy (non-hydrogen) atoms. The molecule has 0 fully saturated rings. The molecule has 0 aliphatic carbocycles. The lowest BCUT2D eigenvalue weighted by molar-refractivity contribution is -0.386. The summed E-state index contributed by atoms with van der Waals surface area (Å²) in [7, 11) is 0. The molecule has 1 amide bonds. The highest BCUT2D eigenvalue weighted by Gasteiger charge is 2.17. The number of hydrogen-bond acceptors (Lipinski definition) is 5. The lowest BCUT2D eigenvalue weighted by Gasteiger charge is -2.13. The number of benzene rings is 3. The number of amides is 1. The van der Waals surface area contributed by atoms with Gasteiger partial charge in [-0.3, -0.25) is 14.9 Å². The average molecular weight is 441 g/mol. The monoisotopic (exact) mass is 441 g/mol. The number of carbonyl (C=O) groups excluding carboxylic acids is 1. The van der Waals surface area contributed by atoms with Crippen molar-refractivity contribution in [1.82, 2.24) is 5.32 Å². The summed E-state index contributed by atoms with van der Waals surface area (Å²) >= 11 is 0. The number of nitro benzene ring substituents is 1. The third-order valence-electron chi connectivity index (χ3n) is 5.11. The molecule has 0 saturated heterocycles. The first-order valence-electron chi connectivity index (χ1n) is 10.4. The van der Waals surface area contributed by atoms with Crippen molar-refractivity contribution < 1.29 is 14.5 Å². The van der Waals surface area contributed by atoms with Gasteiger partial charge in [-0.25, -0.2) is 0 Å². The third-order valence-corrected chi connectivity index (χ3v) is 5.11. The molecule has 1 N–H and O–H groups in total. The Kier molecular flexibility index (Phi) is 7.55. The average Bonchev–Trinajstić information content (AvgIpc) is 2.82. The van der Waals surface area contributed by atoms with Gasteiger partial charge in [0, 0.05) is 12.6 Å². The largest absolute Gasteiger partial charge is 0.482 e. The number of rotatable bonds is 8. The molecule has 0 bridgehead atoms. The van der Waals surface area contributed by atoms with Gasteiger partial charge in [0.1, 0.15) is 18.2 Å². The van der Waals surface area contributed by atoms with Gasteiger partial charge in [0.15, 0.2) is 5.75 Å². The minimum atomic E-state index is -0.544. The van der Waals surface area contributed by atoms with Crippen LogP contribution in [0.15, 0.2) is 72.3 Å². The number of carbonyl (C=O) groups is 1. The summed E-state index contributed by atoms with van der Waals surface area (Å²) in [5.41, 5.74) is 4.09. The molecule has 166 valence electrons. The highest BCUT2D eigenvalue weighted by atomic mass is 16.6. The van der Waals surface area contributed by atoms with E-state index in [1.807, 2.05) is 61.5 Å². The number of nitrogens with zero attached hydrogens (tertiary/aromatic N) is 2. The molecule has 3 rings (SSSR count). The van der Waals surface area contributed by atoms with Gasteiger partial charge in [-0.05, 0) is 53.8 Å². The lowest BCUT2D eigenvalue weighted by atomic mass is 9.97. The Balaban J connectivity index is 1.86. The van der Waals surface area contributed by atoms with Crippen molar-refractivity contribution in [2.24, 2.45) is 0 Å². The molecule has 0 atom stereocenters. The first-order chi connectivity index (χ1) is 15.9. The molecule has 0 saturated carbocycles. The van der Waals surface area contributed by atoms with Crippen molar-refractivity contribution in [2.45, 2.75) is 20.5 Å². The van der Waals surface area contributed by atoms with E-state index >= 15 is 0 Å². The fraction of sp³-hybridized carbons (Fsp3) is 0.154. The molecule has 0 radical (unpaired) electrons. The maximum Gasteiger partial charge on any atom is 0.311 e. The van der Waals surface area contributed by atoms with Crippen LogP contribution in [-0.2, 0) is 11.4 Å². The second-order valence-electron chi connectivity index (χ2n) is 7.26. The van der Waals surface area contributed by atoms with Crippen LogP contribution in [0, 0.1) is 28.4 Å². The van der Waals surface area contributed by atoms with Crippen molar-refractivity contribution in [3.63, 3.8) is 0 Å². The van der Waals surface area contributed by atoms with Gasteiger partial charge in [-0.15, -0.1) is 0 Å². The van der Waals surface area contributed by atoms with Gasteiger partial charge in [-0.2, -0.15) is 5.26 Å². The zero-order chi connectivity index (χ0) is 23.8. The number of hydrogen-bond donors (Lipinski definition) is 1. The Morgan fingerprint density at radius 2 is 1.91 bits per heavy atom. The van der Waals surface area contributed by atoms with E-state index in [-0.39, 0.29) is 23.6 Å². The second-order valence-corrected chi connectivity index (χ2v) is 7.26. The maximum absolute atomic E-state index is 11.9. The molecule has 0 unspecified atom stereocenters. The molecule has 3 aromatic rings. The molecule has 0 aliphatic heterocycles. The van der Waals surface area contributed by atoms with Gasteiger partial charge >= 0.3 is 5.69 Å². The molecule has 0 aromatic heterocycles. The first kappa shape index (κ1) is 23.2. The molecular formula is C26H23N3O4. The van der Waals surface area contributed by atoms with Crippen LogP contribution >= 0.6 is 0 Å². The maximum atomic E-state index is 11.9. The fourth-order valence-electron chi connectivity index (χ4n) is 3.39. The van der Waals surface area contributed by atoms with Crippen molar-refractivity contribution in [3.05, 3.63) is 99.1 Å². The summed E-state index contributed by atoms with van der Waals surface area (Å²) in [4.78, 5) is 23.0. The molecule has 0 aliphatic rings. The second kappa shape index (κ2) is 10.7. The van der Waals surface area contributed by atoms with Crippen LogP contribution < -0.4 is 10.1 Å². The van der Waals surface area contributed by atoms with Crippen molar-refractivity contribution in [3.8, 4) is 22.9 Å². The Morgan fingerprint density at radius 1 is 1.15 bits per heavy atom. The predicted molar refractivity (Wildman–Crippen MR) is 126 cm³/mol. The van der Waals surface area contributed by atoms with Gasteiger partial charge < -0.3 is 10.1 Å². The van der Waals surface area contributed by atoms with E-state index in [4.69, 9.17) is 4.74 Å². The van der Waals surface area contributed by atoms with E-state index in [0.29, 0.717) is 12.1 Å². The molecule has 0 spiro atoms. The van der Waals surface area contributed by atoms with E-state index < -0.39 is 10.8 Å². The topological polar surface area (TPSA) is 105 Å². The molecular weight excluding hydrogens is 418 g/mol. The molecule has 7 nitrogen and oxygen atoms in total. The summed E-state index contributed by atoms with van der Waals surface area (Å²) < 4.78 is 5.82. The van der Waals surface area contributed by atoms with Gasteiger partial charge in [0.25, 0.3) is 5.91 Å².